The maximum atomic E-state index is 12.5. The minimum atomic E-state index is -0.0404. The fourth-order valence-corrected chi connectivity index (χ4v) is 4.39. The Balaban J connectivity index is 1.50. The molecule has 3 rings (SSSR count). The quantitative estimate of drug-likeness (QED) is 0.694. The van der Waals surface area contributed by atoms with Crippen molar-refractivity contribution in [3.63, 3.8) is 0 Å². The van der Waals surface area contributed by atoms with Crippen molar-refractivity contribution in [2.45, 2.75) is 32.4 Å². The number of nitrogens with zero attached hydrogens (tertiary/aromatic N) is 1. The monoisotopic (exact) mass is 393 g/mol. The fourth-order valence-electron chi connectivity index (χ4n) is 3.31. The highest BCUT2D eigenvalue weighted by atomic mass is 32.2. The molecule has 0 radical (unpaired) electrons. The number of amides is 2. The molecule has 2 aliphatic rings. The average molecular weight is 394 g/mol. The summed E-state index contributed by atoms with van der Waals surface area (Å²) in [6, 6.07) is 6.09. The van der Waals surface area contributed by atoms with Crippen LogP contribution in [0.1, 0.15) is 25.3 Å². The first-order chi connectivity index (χ1) is 13.1. The molecule has 0 unspecified atom stereocenters. The van der Waals surface area contributed by atoms with Crippen molar-refractivity contribution < 1.29 is 19.1 Å². The molecule has 0 aromatic heterocycles. The van der Waals surface area contributed by atoms with E-state index >= 15 is 0 Å². The van der Waals surface area contributed by atoms with Crippen LogP contribution in [-0.2, 0) is 16.1 Å². The van der Waals surface area contributed by atoms with Gasteiger partial charge in [0.1, 0.15) is 0 Å². The summed E-state index contributed by atoms with van der Waals surface area (Å²) in [4.78, 5) is 25.8. The lowest BCUT2D eigenvalue weighted by atomic mass is 10.1. The zero-order valence-electron chi connectivity index (χ0n) is 15.7. The number of fused-ring (bicyclic) bond motifs is 1. The second-order valence-corrected chi connectivity index (χ2v) is 7.99. The molecule has 1 aromatic carbocycles. The second kappa shape index (κ2) is 9.85. The Morgan fingerprint density at radius 3 is 2.74 bits per heavy atom. The van der Waals surface area contributed by atoms with Gasteiger partial charge >= 0.3 is 0 Å². The van der Waals surface area contributed by atoms with Crippen molar-refractivity contribution in [1.82, 2.24) is 15.5 Å². The Kier molecular flexibility index (Phi) is 7.23. The highest BCUT2D eigenvalue weighted by molar-refractivity contribution is 7.99. The summed E-state index contributed by atoms with van der Waals surface area (Å²) >= 11 is 1.96. The molecule has 1 fully saturated rings. The average Bonchev–Trinajstić information content (AvgIpc) is 3.14. The molecule has 1 aromatic rings. The van der Waals surface area contributed by atoms with Gasteiger partial charge in [-0.3, -0.25) is 14.5 Å². The van der Waals surface area contributed by atoms with Gasteiger partial charge in [-0.2, -0.15) is 11.8 Å². The van der Waals surface area contributed by atoms with Crippen LogP contribution in [0.25, 0.3) is 0 Å². The minimum Gasteiger partial charge on any atom is -0.454 e. The Labute approximate surface area is 164 Å². The van der Waals surface area contributed by atoms with Crippen LogP contribution in [0.3, 0.4) is 0 Å². The van der Waals surface area contributed by atoms with Gasteiger partial charge in [-0.15, -0.1) is 0 Å². The summed E-state index contributed by atoms with van der Waals surface area (Å²) in [6.45, 7) is 3.81. The number of hydrogen-bond donors (Lipinski definition) is 2. The highest BCUT2D eigenvalue weighted by Gasteiger charge is 2.23. The molecule has 8 heteroatoms. The van der Waals surface area contributed by atoms with E-state index in [0.717, 1.165) is 41.4 Å². The third-order valence-corrected chi connectivity index (χ3v) is 5.80. The maximum Gasteiger partial charge on any atom is 0.234 e. The zero-order valence-corrected chi connectivity index (χ0v) is 16.5. The Hall–Kier alpha value is -1.93. The molecule has 0 saturated carbocycles. The number of carbonyl (C=O) groups is 2. The fraction of sp³-hybridized carbons (Fsp3) is 0.579. The SMILES string of the molecule is CC(=O)NCCN(CC(=O)NCc1ccc2c(c1)OCO2)C1CCSCC1. The third kappa shape index (κ3) is 6.04. The molecule has 0 spiro atoms. The van der Waals surface area contributed by atoms with Crippen LogP contribution >= 0.6 is 11.8 Å². The molecule has 0 atom stereocenters. The number of carbonyl (C=O) groups excluding carboxylic acids is 2. The predicted octanol–water partition coefficient (Wildman–Crippen LogP) is 1.37. The van der Waals surface area contributed by atoms with Crippen molar-refractivity contribution in [1.29, 1.82) is 0 Å². The number of nitrogens with one attached hydrogen (secondary N) is 2. The van der Waals surface area contributed by atoms with Crippen molar-refractivity contribution in [3.8, 4) is 11.5 Å². The Bertz CT molecular complexity index is 664. The molecular weight excluding hydrogens is 366 g/mol. The lowest BCUT2D eigenvalue weighted by Crippen LogP contribution is -2.47. The van der Waals surface area contributed by atoms with E-state index in [1.807, 2.05) is 30.0 Å². The molecule has 0 bridgehead atoms. The number of ether oxygens (including phenoxy) is 2. The van der Waals surface area contributed by atoms with E-state index in [9.17, 15) is 9.59 Å². The number of benzene rings is 1. The lowest BCUT2D eigenvalue weighted by molar-refractivity contribution is -0.123. The van der Waals surface area contributed by atoms with Crippen molar-refractivity contribution in [2.75, 3.05) is 37.9 Å². The van der Waals surface area contributed by atoms with Crippen LogP contribution in [0.5, 0.6) is 11.5 Å². The number of rotatable bonds is 8. The molecule has 27 heavy (non-hydrogen) atoms. The van der Waals surface area contributed by atoms with Gasteiger partial charge in [0.05, 0.1) is 6.54 Å². The number of thioether (sulfide) groups is 1. The van der Waals surface area contributed by atoms with Gasteiger partial charge < -0.3 is 20.1 Å². The lowest BCUT2D eigenvalue weighted by Gasteiger charge is -2.33. The van der Waals surface area contributed by atoms with E-state index in [2.05, 4.69) is 15.5 Å². The van der Waals surface area contributed by atoms with Crippen LogP contribution in [-0.4, -0.2) is 60.7 Å². The van der Waals surface area contributed by atoms with Crippen LogP contribution in [0.2, 0.25) is 0 Å². The summed E-state index contributed by atoms with van der Waals surface area (Å²) in [5.41, 5.74) is 0.978. The van der Waals surface area contributed by atoms with Gasteiger partial charge in [0, 0.05) is 32.6 Å². The summed E-state index contributed by atoms with van der Waals surface area (Å²) < 4.78 is 10.7. The molecule has 2 N–H and O–H groups in total. The van der Waals surface area contributed by atoms with E-state index < -0.39 is 0 Å². The standard InChI is InChI=1S/C19H27N3O4S/c1-14(23)20-6-7-22(16-4-8-27-9-5-16)12-19(24)21-11-15-2-3-17-18(10-15)26-13-25-17/h2-3,10,16H,4-9,11-13H2,1H3,(H,20,23)(H,21,24). The molecule has 2 heterocycles. The van der Waals surface area contributed by atoms with Crippen molar-refractivity contribution in [2.24, 2.45) is 0 Å². The van der Waals surface area contributed by atoms with Crippen LogP contribution in [0, 0.1) is 0 Å². The van der Waals surface area contributed by atoms with Gasteiger partial charge in [0.15, 0.2) is 11.5 Å². The molecule has 148 valence electrons. The summed E-state index contributed by atoms with van der Waals surface area (Å²) in [5, 5.41) is 5.82. The minimum absolute atomic E-state index is 0.00582. The summed E-state index contributed by atoms with van der Waals surface area (Å²) in [7, 11) is 0. The zero-order chi connectivity index (χ0) is 19.1. The van der Waals surface area contributed by atoms with Crippen LogP contribution in [0.15, 0.2) is 18.2 Å². The summed E-state index contributed by atoms with van der Waals surface area (Å²) in [6.07, 6.45) is 2.17. The number of hydrogen-bond acceptors (Lipinski definition) is 6. The van der Waals surface area contributed by atoms with Gasteiger partial charge in [-0.1, -0.05) is 6.07 Å². The normalized spacial score (nSPS) is 16.4. The van der Waals surface area contributed by atoms with Gasteiger partial charge in [-0.05, 0) is 42.0 Å². The molecule has 0 aliphatic carbocycles. The smallest absolute Gasteiger partial charge is 0.234 e. The van der Waals surface area contributed by atoms with Gasteiger partial charge in [-0.25, -0.2) is 0 Å². The van der Waals surface area contributed by atoms with Crippen LogP contribution < -0.4 is 20.1 Å². The first-order valence-corrected chi connectivity index (χ1v) is 10.5. The van der Waals surface area contributed by atoms with Crippen LogP contribution in [0.4, 0.5) is 0 Å². The molecule has 1 saturated heterocycles. The molecule has 2 amide bonds. The predicted molar refractivity (Wildman–Crippen MR) is 105 cm³/mol. The van der Waals surface area contributed by atoms with Gasteiger partial charge in [0.2, 0.25) is 18.6 Å². The van der Waals surface area contributed by atoms with Gasteiger partial charge in [0.25, 0.3) is 0 Å². The maximum absolute atomic E-state index is 12.5. The first kappa shape index (κ1) is 19.8. The Morgan fingerprint density at radius 1 is 1.19 bits per heavy atom. The van der Waals surface area contributed by atoms with Crippen molar-refractivity contribution in [3.05, 3.63) is 23.8 Å². The highest BCUT2D eigenvalue weighted by Crippen LogP contribution is 2.32. The van der Waals surface area contributed by atoms with E-state index in [1.54, 1.807) is 0 Å². The largest absolute Gasteiger partial charge is 0.454 e. The van der Waals surface area contributed by atoms with E-state index in [4.69, 9.17) is 9.47 Å². The Morgan fingerprint density at radius 2 is 1.96 bits per heavy atom. The van der Waals surface area contributed by atoms with Crippen molar-refractivity contribution >= 4 is 23.6 Å². The topological polar surface area (TPSA) is 79.9 Å². The molecule has 7 nitrogen and oxygen atoms in total. The molecule has 2 aliphatic heterocycles. The third-order valence-electron chi connectivity index (χ3n) is 4.75. The first-order valence-electron chi connectivity index (χ1n) is 9.33. The molecular formula is C19H27N3O4S. The second-order valence-electron chi connectivity index (χ2n) is 6.76. The van der Waals surface area contributed by atoms with E-state index in [0.29, 0.717) is 32.2 Å². The van der Waals surface area contributed by atoms with E-state index in [-0.39, 0.29) is 18.6 Å². The van der Waals surface area contributed by atoms with E-state index in [1.165, 1.54) is 6.92 Å². The summed E-state index contributed by atoms with van der Waals surface area (Å²) in [5.74, 6) is 3.66.